The third kappa shape index (κ3) is 4.41. The molecule has 1 aromatic rings. The summed E-state index contributed by atoms with van der Waals surface area (Å²) in [6.45, 7) is 7.39. The molecule has 1 unspecified atom stereocenters. The molecule has 6 heteroatoms. The first-order valence-corrected chi connectivity index (χ1v) is 8.47. The van der Waals surface area contributed by atoms with Gasteiger partial charge in [0.15, 0.2) is 5.13 Å². The number of ether oxygens (including phenoxy) is 1. The van der Waals surface area contributed by atoms with Crippen LogP contribution in [0.15, 0.2) is 0 Å². The smallest absolute Gasteiger partial charge is 0.350 e. The normalized spacial score (nSPS) is 19.5. The van der Waals surface area contributed by atoms with E-state index < -0.39 is 0 Å². The van der Waals surface area contributed by atoms with Crippen LogP contribution in [0.25, 0.3) is 0 Å². The first-order chi connectivity index (χ1) is 10.1. The van der Waals surface area contributed by atoms with Gasteiger partial charge in [-0.1, -0.05) is 17.8 Å². The predicted molar refractivity (Wildman–Crippen MR) is 86.2 cm³/mol. The summed E-state index contributed by atoms with van der Waals surface area (Å²) in [4.78, 5) is 19.1. The lowest BCUT2D eigenvalue weighted by Gasteiger charge is -2.33. The van der Waals surface area contributed by atoms with E-state index in [0.29, 0.717) is 10.9 Å². The van der Waals surface area contributed by atoms with E-state index in [4.69, 9.17) is 4.74 Å². The topological polar surface area (TPSA) is 54.5 Å². The Balaban J connectivity index is 1.74. The van der Waals surface area contributed by atoms with Gasteiger partial charge in [0.25, 0.3) is 0 Å². The maximum Gasteiger partial charge on any atom is 0.350 e. The Morgan fingerprint density at radius 3 is 3.05 bits per heavy atom. The third-order valence-corrected chi connectivity index (χ3v) is 5.10. The molecule has 2 heterocycles. The zero-order chi connectivity index (χ0) is 15.2. The molecule has 0 aliphatic carbocycles. The number of thiazole rings is 1. The fourth-order valence-electron chi connectivity index (χ4n) is 2.72. The van der Waals surface area contributed by atoms with Gasteiger partial charge in [-0.2, -0.15) is 0 Å². The molecule has 2 rings (SSSR count). The zero-order valence-electron chi connectivity index (χ0n) is 13.1. The second kappa shape index (κ2) is 7.75. The number of anilines is 1. The summed E-state index contributed by atoms with van der Waals surface area (Å²) in [5.41, 5.74) is 0.735. The molecular formula is C15H25N3O2S. The number of hydrogen-bond donors (Lipinski definition) is 1. The van der Waals surface area contributed by atoms with E-state index in [2.05, 4.69) is 22.1 Å². The Bertz CT molecular complexity index is 475. The zero-order valence-corrected chi connectivity index (χ0v) is 14.0. The second-order valence-electron chi connectivity index (χ2n) is 5.59. The Hall–Kier alpha value is -1.14. The van der Waals surface area contributed by atoms with E-state index in [1.165, 1.54) is 44.3 Å². The lowest BCUT2D eigenvalue weighted by atomic mass is 10.0. The molecule has 118 valence electrons. The van der Waals surface area contributed by atoms with Crippen molar-refractivity contribution in [1.29, 1.82) is 0 Å². The maximum atomic E-state index is 11.5. The molecule has 1 saturated heterocycles. The van der Waals surface area contributed by atoms with Crippen molar-refractivity contribution in [2.75, 3.05) is 32.1 Å². The third-order valence-electron chi connectivity index (χ3n) is 4.01. The Kier molecular flexibility index (Phi) is 5.99. The highest BCUT2D eigenvalue weighted by atomic mass is 32.1. The van der Waals surface area contributed by atoms with Crippen molar-refractivity contribution < 1.29 is 9.53 Å². The average Bonchev–Trinajstić information content (AvgIpc) is 2.85. The lowest BCUT2D eigenvalue weighted by Crippen LogP contribution is -2.38. The Morgan fingerprint density at radius 1 is 1.52 bits per heavy atom. The summed E-state index contributed by atoms with van der Waals surface area (Å²) < 4.78 is 4.74. The molecule has 0 aromatic carbocycles. The van der Waals surface area contributed by atoms with E-state index in [1.54, 1.807) is 0 Å². The molecule has 0 spiro atoms. The van der Waals surface area contributed by atoms with Crippen LogP contribution >= 0.6 is 11.3 Å². The van der Waals surface area contributed by atoms with Gasteiger partial charge in [-0.3, -0.25) is 0 Å². The van der Waals surface area contributed by atoms with Crippen molar-refractivity contribution in [3.8, 4) is 0 Å². The number of aromatic nitrogens is 1. The molecule has 1 N–H and O–H groups in total. The molecule has 5 nitrogen and oxygen atoms in total. The summed E-state index contributed by atoms with van der Waals surface area (Å²) >= 11 is 1.37. The number of aryl methyl sites for hydroxylation is 1. The SMILES string of the molecule is COC(=O)c1sc(NCCCN2CCCCC2C)nc1C. The molecule has 1 atom stereocenters. The predicted octanol–water partition coefficient (Wildman–Crippen LogP) is 2.91. The van der Waals surface area contributed by atoms with Crippen molar-refractivity contribution in [3.05, 3.63) is 10.6 Å². The summed E-state index contributed by atoms with van der Waals surface area (Å²) in [5.74, 6) is -0.305. The Morgan fingerprint density at radius 2 is 2.33 bits per heavy atom. The van der Waals surface area contributed by atoms with E-state index >= 15 is 0 Å². The number of carbonyl (C=O) groups excluding carboxylic acids is 1. The highest BCUT2D eigenvalue weighted by Gasteiger charge is 2.18. The van der Waals surface area contributed by atoms with Gasteiger partial charge in [-0.15, -0.1) is 0 Å². The number of rotatable bonds is 6. The first kappa shape index (κ1) is 16.2. The van der Waals surface area contributed by atoms with Gasteiger partial charge in [0, 0.05) is 19.1 Å². The van der Waals surface area contributed by atoms with Crippen LogP contribution in [0.3, 0.4) is 0 Å². The molecule has 0 bridgehead atoms. The van der Waals surface area contributed by atoms with Crippen LogP contribution < -0.4 is 5.32 Å². The summed E-state index contributed by atoms with van der Waals surface area (Å²) in [7, 11) is 1.40. The van der Waals surface area contributed by atoms with Crippen molar-refractivity contribution in [2.45, 2.75) is 45.6 Å². The molecular weight excluding hydrogens is 286 g/mol. The van der Waals surface area contributed by atoms with Crippen molar-refractivity contribution >= 4 is 22.4 Å². The largest absolute Gasteiger partial charge is 0.465 e. The van der Waals surface area contributed by atoms with Crippen LogP contribution in [0.2, 0.25) is 0 Å². The quantitative estimate of drug-likeness (QED) is 0.646. The summed E-state index contributed by atoms with van der Waals surface area (Å²) in [6.07, 6.45) is 5.11. The second-order valence-corrected chi connectivity index (χ2v) is 6.59. The van der Waals surface area contributed by atoms with E-state index in [9.17, 15) is 4.79 Å². The van der Waals surface area contributed by atoms with Crippen LogP contribution in [-0.4, -0.2) is 48.6 Å². The standard InChI is InChI=1S/C15H25N3O2S/c1-11-7-4-5-9-18(11)10-6-8-16-15-17-12(2)13(21-15)14(19)20-3/h11H,4-10H2,1-3H3,(H,16,17). The average molecular weight is 311 g/mol. The van der Waals surface area contributed by atoms with Crippen molar-refractivity contribution in [2.24, 2.45) is 0 Å². The first-order valence-electron chi connectivity index (χ1n) is 7.65. The molecule has 0 radical (unpaired) electrons. The van der Waals surface area contributed by atoms with Crippen LogP contribution in [-0.2, 0) is 4.74 Å². The molecule has 1 aliphatic heterocycles. The van der Waals surface area contributed by atoms with Gasteiger partial charge >= 0.3 is 5.97 Å². The van der Waals surface area contributed by atoms with E-state index in [1.807, 2.05) is 6.92 Å². The highest BCUT2D eigenvalue weighted by Crippen LogP contribution is 2.23. The molecule has 1 aliphatic rings. The molecule has 21 heavy (non-hydrogen) atoms. The monoisotopic (exact) mass is 311 g/mol. The minimum absolute atomic E-state index is 0.305. The van der Waals surface area contributed by atoms with Gasteiger partial charge in [0.1, 0.15) is 4.88 Å². The maximum absolute atomic E-state index is 11.5. The van der Waals surface area contributed by atoms with Gasteiger partial charge in [-0.05, 0) is 39.7 Å². The molecule has 1 fully saturated rings. The highest BCUT2D eigenvalue weighted by molar-refractivity contribution is 7.17. The number of hydrogen-bond acceptors (Lipinski definition) is 6. The minimum Gasteiger partial charge on any atom is -0.465 e. The van der Waals surface area contributed by atoms with Crippen LogP contribution in [0.1, 0.15) is 48.0 Å². The number of esters is 1. The van der Waals surface area contributed by atoms with Gasteiger partial charge in [0.2, 0.25) is 0 Å². The number of methoxy groups -OCH3 is 1. The molecule has 0 amide bonds. The van der Waals surface area contributed by atoms with Gasteiger partial charge in [0.05, 0.1) is 12.8 Å². The number of piperidine rings is 1. The van der Waals surface area contributed by atoms with Gasteiger partial charge in [-0.25, -0.2) is 9.78 Å². The summed E-state index contributed by atoms with van der Waals surface area (Å²) in [6, 6.07) is 0.715. The fourth-order valence-corrected chi connectivity index (χ4v) is 3.63. The lowest BCUT2D eigenvalue weighted by molar-refractivity contribution is 0.0605. The van der Waals surface area contributed by atoms with Crippen LogP contribution in [0.4, 0.5) is 5.13 Å². The van der Waals surface area contributed by atoms with E-state index in [-0.39, 0.29) is 5.97 Å². The van der Waals surface area contributed by atoms with Gasteiger partial charge < -0.3 is 15.0 Å². The van der Waals surface area contributed by atoms with Crippen molar-refractivity contribution in [1.82, 2.24) is 9.88 Å². The number of carbonyl (C=O) groups is 1. The fraction of sp³-hybridized carbons (Fsp3) is 0.733. The van der Waals surface area contributed by atoms with E-state index in [0.717, 1.165) is 30.3 Å². The minimum atomic E-state index is -0.305. The number of nitrogens with zero attached hydrogens (tertiary/aromatic N) is 2. The van der Waals surface area contributed by atoms with Crippen LogP contribution in [0, 0.1) is 6.92 Å². The molecule has 1 aromatic heterocycles. The Labute approximate surface area is 130 Å². The van der Waals surface area contributed by atoms with Crippen molar-refractivity contribution in [3.63, 3.8) is 0 Å². The summed E-state index contributed by atoms with van der Waals surface area (Å²) in [5, 5.41) is 4.12. The van der Waals surface area contributed by atoms with Crippen LogP contribution in [0.5, 0.6) is 0 Å². The number of nitrogens with one attached hydrogen (secondary N) is 1. The number of likely N-dealkylation sites (tertiary alicyclic amines) is 1. The molecule has 0 saturated carbocycles.